The molecule has 1 heteroatoms. The molecule has 0 aliphatic carbocycles. The summed E-state index contributed by atoms with van der Waals surface area (Å²) < 4.78 is 0. The van der Waals surface area contributed by atoms with Crippen LogP contribution in [0, 0.1) is 11.3 Å². The standard InChI is InChI=1S/C41H25N/c42-26-33-10-2-3-12-35(33)37-14-6-5-11-34(37)30-20-18-29-24-31(21-19-28(29)23-30)40-25-32-22-17-27-9-1-4-13-36(27)41(32)39-16-8-7-15-38(39)40/h1-25H. The lowest BCUT2D eigenvalue weighted by atomic mass is 9.89. The molecule has 0 heterocycles. The van der Waals surface area contributed by atoms with Crippen LogP contribution in [0.5, 0.6) is 0 Å². The smallest absolute Gasteiger partial charge is 0.0998 e. The summed E-state index contributed by atoms with van der Waals surface area (Å²) in [5, 5.41) is 19.8. The van der Waals surface area contributed by atoms with Crippen molar-refractivity contribution in [2.45, 2.75) is 0 Å². The molecule has 0 N–H and O–H groups in total. The lowest BCUT2D eigenvalue weighted by molar-refractivity contribution is 1.48. The Morgan fingerprint density at radius 3 is 1.67 bits per heavy atom. The molecule has 0 spiro atoms. The van der Waals surface area contributed by atoms with Gasteiger partial charge in [-0.2, -0.15) is 5.26 Å². The molecule has 0 aromatic heterocycles. The highest BCUT2D eigenvalue weighted by atomic mass is 14.2. The molecule has 0 unspecified atom stereocenters. The fourth-order valence-corrected chi connectivity index (χ4v) is 6.48. The Labute approximate surface area is 244 Å². The third-order valence-corrected chi connectivity index (χ3v) is 8.47. The predicted molar refractivity (Wildman–Crippen MR) is 177 cm³/mol. The van der Waals surface area contributed by atoms with Crippen molar-refractivity contribution in [1.82, 2.24) is 0 Å². The molecule has 8 aromatic rings. The van der Waals surface area contributed by atoms with Gasteiger partial charge >= 0.3 is 0 Å². The zero-order valence-corrected chi connectivity index (χ0v) is 22.9. The summed E-state index contributed by atoms with van der Waals surface area (Å²) in [6, 6.07) is 56.3. The fraction of sp³-hybridized carbons (Fsp3) is 0. The molecule has 8 rings (SSSR count). The average Bonchev–Trinajstić information content (AvgIpc) is 3.07. The molecular weight excluding hydrogens is 506 g/mol. The maximum Gasteiger partial charge on any atom is 0.0998 e. The lowest BCUT2D eigenvalue weighted by Crippen LogP contribution is -1.89. The normalized spacial score (nSPS) is 11.3. The number of rotatable bonds is 3. The van der Waals surface area contributed by atoms with E-state index in [2.05, 4.69) is 127 Å². The van der Waals surface area contributed by atoms with Gasteiger partial charge in [0.25, 0.3) is 0 Å². The van der Waals surface area contributed by atoms with Crippen LogP contribution in [0.1, 0.15) is 5.56 Å². The minimum atomic E-state index is 0.686. The molecule has 0 saturated carbocycles. The average molecular weight is 532 g/mol. The van der Waals surface area contributed by atoms with Gasteiger partial charge in [-0.25, -0.2) is 0 Å². The Kier molecular flexibility index (Phi) is 5.59. The van der Waals surface area contributed by atoms with Crippen molar-refractivity contribution in [1.29, 1.82) is 5.26 Å². The van der Waals surface area contributed by atoms with Crippen molar-refractivity contribution in [2.75, 3.05) is 0 Å². The summed E-state index contributed by atoms with van der Waals surface area (Å²) in [6.07, 6.45) is 0. The summed E-state index contributed by atoms with van der Waals surface area (Å²) >= 11 is 0. The Morgan fingerprint density at radius 1 is 0.357 bits per heavy atom. The summed E-state index contributed by atoms with van der Waals surface area (Å²) in [7, 11) is 0. The maximum absolute atomic E-state index is 9.72. The van der Waals surface area contributed by atoms with Crippen LogP contribution in [0.15, 0.2) is 152 Å². The van der Waals surface area contributed by atoms with Gasteiger partial charge in [0.05, 0.1) is 11.6 Å². The topological polar surface area (TPSA) is 23.8 Å². The largest absolute Gasteiger partial charge is 0.192 e. The molecule has 0 radical (unpaired) electrons. The minimum Gasteiger partial charge on any atom is -0.192 e. The molecule has 1 nitrogen and oxygen atoms in total. The van der Waals surface area contributed by atoms with Gasteiger partial charge in [0.1, 0.15) is 0 Å². The molecular formula is C41H25N. The van der Waals surface area contributed by atoms with Crippen LogP contribution >= 0.6 is 0 Å². The van der Waals surface area contributed by atoms with E-state index in [0.29, 0.717) is 5.56 Å². The van der Waals surface area contributed by atoms with Gasteiger partial charge in [0.15, 0.2) is 0 Å². The van der Waals surface area contributed by atoms with Crippen LogP contribution in [-0.4, -0.2) is 0 Å². The molecule has 0 saturated heterocycles. The zero-order valence-electron chi connectivity index (χ0n) is 22.9. The highest BCUT2D eigenvalue weighted by Crippen LogP contribution is 2.40. The van der Waals surface area contributed by atoms with Gasteiger partial charge in [-0.1, -0.05) is 127 Å². The first-order valence-electron chi connectivity index (χ1n) is 14.2. The van der Waals surface area contributed by atoms with Crippen molar-refractivity contribution >= 4 is 43.1 Å². The first kappa shape index (κ1) is 24.1. The molecule has 0 aliphatic heterocycles. The van der Waals surface area contributed by atoms with E-state index in [1.807, 2.05) is 30.3 Å². The second-order valence-corrected chi connectivity index (χ2v) is 10.8. The number of hydrogen-bond donors (Lipinski definition) is 0. The molecule has 194 valence electrons. The van der Waals surface area contributed by atoms with Crippen molar-refractivity contribution < 1.29 is 0 Å². The van der Waals surface area contributed by atoms with Gasteiger partial charge in [-0.3, -0.25) is 0 Å². The van der Waals surface area contributed by atoms with E-state index < -0.39 is 0 Å². The third-order valence-electron chi connectivity index (χ3n) is 8.47. The van der Waals surface area contributed by atoms with Crippen molar-refractivity contribution in [3.63, 3.8) is 0 Å². The van der Waals surface area contributed by atoms with Gasteiger partial charge < -0.3 is 0 Å². The SMILES string of the molecule is N#Cc1ccccc1-c1ccccc1-c1ccc2cc(-c3cc4ccc5ccccc5c4c4ccccc34)ccc2c1. The third kappa shape index (κ3) is 3.85. The Balaban J connectivity index is 1.28. The van der Waals surface area contributed by atoms with Crippen molar-refractivity contribution in [3.05, 3.63) is 157 Å². The van der Waals surface area contributed by atoms with Crippen LogP contribution in [0.4, 0.5) is 0 Å². The van der Waals surface area contributed by atoms with Crippen LogP contribution in [0.25, 0.3) is 76.5 Å². The van der Waals surface area contributed by atoms with Gasteiger partial charge in [0.2, 0.25) is 0 Å². The van der Waals surface area contributed by atoms with E-state index in [-0.39, 0.29) is 0 Å². The van der Waals surface area contributed by atoms with Crippen LogP contribution in [0.3, 0.4) is 0 Å². The number of fused-ring (bicyclic) bond motifs is 6. The molecule has 8 aromatic carbocycles. The van der Waals surface area contributed by atoms with E-state index in [4.69, 9.17) is 0 Å². The first-order chi connectivity index (χ1) is 20.8. The number of benzene rings is 8. The molecule has 0 amide bonds. The number of nitrogens with zero attached hydrogens (tertiary/aromatic N) is 1. The van der Waals surface area contributed by atoms with Gasteiger partial charge in [-0.05, 0) is 95.2 Å². The maximum atomic E-state index is 9.72. The first-order valence-corrected chi connectivity index (χ1v) is 14.2. The van der Waals surface area contributed by atoms with E-state index in [0.717, 1.165) is 22.3 Å². The zero-order chi connectivity index (χ0) is 28.0. The number of nitriles is 1. The Hall–Kier alpha value is -5.71. The summed E-state index contributed by atoms with van der Waals surface area (Å²) in [5.74, 6) is 0. The molecule has 0 atom stereocenters. The summed E-state index contributed by atoms with van der Waals surface area (Å²) in [6.45, 7) is 0. The van der Waals surface area contributed by atoms with E-state index in [1.165, 1.54) is 54.2 Å². The van der Waals surface area contributed by atoms with Gasteiger partial charge in [-0.15, -0.1) is 0 Å². The predicted octanol–water partition coefficient (Wildman–Crippen LogP) is 11.2. The van der Waals surface area contributed by atoms with E-state index in [9.17, 15) is 5.26 Å². The highest BCUT2D eigenvalue weighted by Gasteiger charge is 2.13. The molecule has 0 aliphatic rings. The second kappa shape index (κ2) is 9.73. The van der Waals surface area contributed by atoms with Crippen molar-refractivity contribution in [3.8, 4) is 39.4 Å². The minimum absolute atomic E-state index is 0.686. The van der Waals surface area contributed by atoms with E-state index in [1.54, 1.807) is 0 Å². The van der Waals surface area contributed by atoms with Gasteiger partial charge in [0, 0.05) is 5.56 Å². The molecule has 0 bridgehead atoms. The summed E-state index contributed by atoms with van der Waals surface area (Å²) in [5.41, 5.74) is 7.44. The fourth-order valence-electron chi connectivity index (χ4n) is 6.48. The number of hydrogen-bond acceptors (Lipinski definition) is 1. The van der Waals surface area contributed by atoms with Crippen LogP contribution < -0.4 is 0 Å². The quantitative estimate of drug-likeness (QED) is 0.208. The van der Waals surface area contributed by atoms with Crippen LogP contribution in [-0.2, 0) is 0 Å². The monoisotopic (exact) mass is 531 g/mol. The van der Waals surface area contributed by atoms with Crippen LogP contribution in [0.2, 0.25) is 0 Å². The lowest BCUT2D eigenvalue weighted by Gasteiger charge is -2.14. The van der Waals surface area contributed by atoms with Crippen molar-refractivity contribution in [2.24, 2.45) is 0 Å². The summed E-state index contributed by atoms with van der Waals surface area (Å²) in [4.78, 5) is 0. The molecule has 42 heavy (non-hydrogen) atoms. The van der Waals surface area contributed by atoms with E-state index >= 15 is 0 Å². The molecule has 0 fully saturated rings. The highest BCUT2D eigenvalue weighted by molar-refractivity contribution is 6.23. The Morgan fingerprint density at radius 2 is 0.905 bits per heavy atom. The second-order valence-electron chi connectivity index (χ2n) is 10.8. The Bertz CT molecular complexity index is 2370.